The Hall–Kier alpha value is -1.93. The third kappa shape index (κ3) is 4.54. The monoisotopic (exact) mass is 430 g/mol. The van der Waals surface area contributed by atoms with Gasteiger partial charge >= 0.3 is 0 Å². The van der Waals surface area contributed by atoms with Crippen LogP contribution >= 0.6 is 0 Å². The lowest BCUT2D eigenvalue weighted by Gasteiger charge is -2.32. The minimum atomic E-state index is -3.68. The predicted octanol–water partition coefficient (Wildman–Crippen LogP) is 3.14. The highest BCUT2D eigenvalue weighted by molar-refractivity contribution is 7.89. The molecular weight excluding hydrogens is 400 g/mol. The maximum Gasteiger partial charge on any atom is 0.247 e. The van der Waals surface area contributed by atoms with Gasteiger partial charge in [0.25, 0.3) is 0 Å². The molecular formula is C23H30N2O4S. The highest BCUT2D eigenvalue weighted by Gasteiger charge is 2.43. The summed E-state index contributed by atoms with van der Waals surface area (Å²) in [7, 11) is -3.68. The second kappa shape index (κ2) is 9.47. The van der Waals surface area contributed by atoms with Crippen molar-refractivity contribution in [1.82, 2.24) is 9.21 Å². The Balaban J connectivity index is 1.66. The zero-order valence-electron chi connectivity index (χ0n) is 17.4. The minimum Gasteiger partial charge on any atom is -0.487 e. The van der Waals surface area contributed by atoms with Crippen molar-refractivity contribution >= 4 is 10.0 Å². The molecule has 0 N–H and O–H groups in total. The summed E-state index contributed by atoms with van der Waals surface area (Å²) in [6.07, 6.45) is 1.34. The summed E-state index contributed by atoms with van der Waals surface area (Å²) in [5.41, 5.74) is 0.983. The first-order chi connectivity index (χ1) is 14.6. The van der Waals surface area contributed by atoms with Gasteiger partial charge < -0.3 is 14.4 Å². The maximum atomic E-state index is 13.7. The van der Waals surface area contributed by atoms with Gasteiger partial charge in [-0.2, -0.15) is 4.31 Å². The van der Waals surface area contributed by atoms with Gasteiger partial charge in [0, 0.05) is 26.2 Å². The molecule has 2 aliphatic rings. The Bertz CT molecular complexity index is 935. The zero-order valence-corrected chi connectivity index (χ0v) is 18.3. The van der Waals surface area contributed by atoms with Crippen LogP contribution in [-0.4, -0.2) is 62.6 Å². The highest BCUT2D eigenvalue weighted by atomic mass is 32.2. The summed E-state index contributed by atoms with van der Waals surface area (Å²) in [6.45, 7) is 6.31. The molecule has 1 saturated heterocycles. The van der Waals surface area contributed by atoms with Gasteiger partial charge in [0.1, 0.15) is 16.7 Å². The number of ether oxygens (including phenoxy) is 2. The van der Waals surface area contributed by atoms with Gasteiger partial charge in [0.2, 0.25) is 10.0 Å². The van der Waals surface area contributed by atoms with E-state index in [0.717, 1.165) is 38.0 Å². The van der Waals surface area contributed by atoms with E-state index < -0.39 is 10.0 Å². The molecule has 2 aliphatic heterocycles. The molecule has 2 aromatic carbocycles. The highest BCUT2D eigenvalue weighted by Crippen LogP contribution is 2.37. The summed E-state index contributed by atoms with van der Waals surface area (Å²) < 4.78 is 40.9. The topological polar surface area (TPSA) is 59.1 Å². The van der Waals surface area contributed by atoms with Gasteiger partial charge in [-0.25, -0.2) is 8.42 Å². The van der Waals surface area contributed by atoms with Crippen molar-refractivity contribution in [3.63, 3.8) is 0 Å². The Morgan fingerprint density at radius 3 is 2.57 bits per heavy atom. The number of rotatable bonds is 6. The molecule has 0 unspecified atom stereocenters. The molecule has 2 heterocycles. The molecule has 0 radical (unpaired) electrons. The first-order valence-corrected chi connectivity index (χ1v) is 12.1. The van der Waals surface area contributed by atoms with E-state index in [9.17, 15) is 8.42 Å². The van der Waals surface area contributed by atoms with E-state index in [-0.39, 0.29) is 17.0 Å². The molecule has 6 nitrogen and oxygen atoms in total. The van der Waals surface area contributed by atoms with Crippen molar-refractivity contribution in [3.05, 3.63) is 60.2 Å². The van der Waals surface area contributed by atoms with E-state index in [0.29, 0.717) is 25.5 Å². The van der Waals surface area contributed by atoms with Crippen molar-refractivity contribution in [2.75, 3.05) is 32.8 Å². The quantitative estimate of drug-likeness (QED) is 0.659. The predicted molar refractivity (Wildman–Crippen MR) is 116 cm³/mol. The van der Waals surface area contributed by atoms with Gasteiger partial charge in [-0.05, 0) is 44.0 Å². The van der Waals surface area contributed by atoms with Crippen molar-refractivity contribution < 1.29 is 17.9 Å². The fourth-order valence-electron chi connectivity index (χ4n) is 4.34. The molecule has 162 valence electrons. The maximum absolute atomic E-state index is 13.7. The van der Waals surface area contributed by atoms with Crippen LogP contribution in [0.3, 0.4) is 0 Å². The van der Waals surface area contributed by atoms with Crippen molar-refractivity contribution in [2.45, 2.75) is 43.4 Å². The number of hydrogen-bond donors (Lipinski definition) is 0. The Labute approximate surface area is 179 Å². The van der Waals surface area contributed by atoms with Gasteiger partial charge in [0.05, 0.1) is 12.6 Å². The standard InChI is InChI=1S/C23H30N2O4S/c1-2-28-17-16-24-14-12-20-21(13-15-24)29-22-10-6-7-11-23(22)30(26,27)25(20)18-19-8-4-3-5-9-19/h3-11,20-21H,2,12-18H2,1H3/t20-,21-/m1/s1. The van der Waals surface area contributed by atoms with Gasteiger partial charge in [-0.15, -0.1) is 0 Å². The fourth-order valence-corrected chi connectivity index (χ4v) is 6.13. The smallest absolute Gasteiger partial charge is 0.247 e. The van der Waals surface area contributed by atoms with Gasteiger partial charge in [-0.1, -0.05) is 42.5 Å². The van der Waals surface area contributed by atoms with Crippen LogP contribution in [-0.2, 0) is 21.3 Å². The molecule has 0 aliphatic carbocycles. The molecule has 0 amide bonds. The Morgan fingerprint density at radius 1 is 1.03 bits per heavy atom. The Kier molecular flexibility index (Phi) is 6.73. The van der Waals surface area contributed by atoms with Crippen LogP contribution in [0.5, 0.6) is 5.75 Å². The molecule has 2 aromatic rings. The van der Waals surface area contributed by atoms with Gasteiger partial charge in [-0.3, -0.25) is 0 Å². The van der Waals surface area contributed by atoms with Crippen LogP contribution in [0.1, 0.15) is 25.3 Å². The Morgan fingerprint density at radius 2 is 1.77 bits per heavy atom. The fraction of sp³-hybridized carbons (Fsp3) is 0.478. The number of benzene rings is 2. The van der Waals surface area contributed by atoms with Crippen LogP contribution in [0.4, 0.5) is 0 Å². The molecule has 1 fully saturated rings. The van der Waals surface area contributed by atoms with Crippen LogP contribution in [0.2, 0.25) is 0 Å². The molecule has 0 spiro atoms. The zero-order chi connectivity index (χ0) is 21.0. The van der Waals surface area contributed by atoms with Crippen molar-refractivity contribution in [2.24, 2.45) is 0 Å². The summed E-state index contributed by atoms with van der Waals surface area (Å²) in [4.78, 5) is 2.62. The number of para-hydroxylation sites is 1. The van der Waals surface area contributed by atoms with Crippen LogP contribution in [0.25, 0.3) is 0 Å². The molecule has 0 aromatic heterocycles. The summed E-state index contributed by atoms with van der Waals surface area (Å²) >= 11 is 0. The van der Waals surface area contributed by atoms with Crippen LogP contribution in [0.15, 0.2) is 59.5 Å². The van der Waals surface area contributed by atoms with Crippen LogP contribution < -0.4 is 4.74 Å². The molecule has 4 rings (SSSR count). The number of sulfonamides is 1. The summed E-state index contributed by atoms with van der Waals surface area (Å²) in [5, 5.41) is 0. The second-order valence-electron chi connectivity index (χ2n) is 7.82. The van der Waals surface area contributed by atoms with Gasteiger partial charge in [0.15, 0.2) is 0 Å². The van der Waals surface area contributed by atoms with Crippen molar-refractivity contribution in [3.8, 4) is 5.75 Å². The van der Waals surface area contributed by atoms with E-state index in [4.69, 9.17) is 9.47 Å². The average Bonchev–Trinajstić information content (AvgIpc) is 2.99. The molecule has 0 saturated carbocycles. The SMILES string of the molecule is CCOCCN1CC[C@@H]2[C@@H](CC1)Oc1ccccc1S(=O)(=O)N2Cc1ccccc1. The molecule has 2 atom stereocenters. The average molecular weight is 431 g/mol. The summed E-state index contributed by atoms with van der Waals surface area (Å²) in [6, 6.07) is 16.6. The number of nitrogens with zero attached hydrogens (tertiary/aromatic N) is 2. The van der Waals surface area contributed by atoms with E-state index in [1.54, 1.807) is 22.5 Å². The lowest BCUT2D eigenvalue weighted by atomic mass is 10.1. The minimum absolute atomic E-state index is 0.177. The van der Waals surface area contributed by atoms with Crippen molar-refractivity contribution in [1.29, 1.82) is 0 Å². The third-order valence-corrected chi connectivity index (χ3v) is 7.83. The lowest BCUT2D eigenvalue weighted by molar-refractivity contribution is 0.107. The van der Waals surface area contributed by atoms with E-state index >= 15 is 0 Å². The largest absolute Gasteiger partial charge is 0.487 e. The van der Waals surface area contributed by atoms with E-state index in [1.807, 2.05) is 43.3 Å². The van der Waals surface area contributed by atoms with E-state index in [2.05, 4.69) is 4.90 Å². The summed E-state index contributed by atoms with van der Waals surface area (Å²) in [5.74, 6) is 0.464. The lowest BCUT2D eigenvalue weighted by Crippen LogP contribution is -2.46. The van der Waals surface area contributed by atoms with Crippen LogP contribution in [0, 0.1) is 0 Å². The molecule has 7 heteroatoms. The molecule has 0 bridgehead atoms. The number of likely N-dealkylation sites (tertiary alicyclic amines) is 1. The first kappa shape index (κ1) is 21.3. The number of fused-ring (bicyclic) bond motifs is 2. The normalized spacial score (nSPS) is 24.2. The van der Waals surface area contributed by atoms with E-state index in [1.165, 1.54) is 0 Å². The molecule has 30 heavy (non-hydrogen) atoms. The third-order valence-electron chi connectivity index (χ3n) is 5.92. The first-order valence-electron chi connectivity index (χ1n) is 10.7. The second-order valence-corrected chi connectivity index (χ2v) is 9.68. The number of hydrogen-bond acceptors (Lipinski definition) is 5.